The van der Waals surface area contributed by atoms with E-state index in [-0.39, 0.29) is 5.41 Å². The summed E-state index contributed by atoms with van der Waals surface area (Å²) in [5.74, 6) is 0. The zero-order valence-electron chi connectivity index (χ0n) is 27.5. The Labute approximate surface area is 293 Å². The molecule has 7 aromatic rings. The van der Waals surface area contributed by atoms with Gasteiger partial charge in [-0.15, -0.1) is 0 Å². The van der Waals surface area contributed by atoms with Crippen molar-refractivity contribution >= 4 is 17.7 Å². The highest BCUT2D eigenvalue weighted by Crippen LogP contribution is 2.63. The summed E-state index contributed by atoms with van der Waals surface area (Å²) in [6.45, 7) is 8.62. The Kier molecular flexibility index (Phi) is 5.86. The maximum Gasteiger partial charge on any atom is 0.0725 e. The van der Waals surface area contributed by atoms with E-state index < -0.39 is 5.41 Å². The Balaban J connectivity index is 1.21. The molecule has 0 fully saturated rings. The van der Waals surface area contributed by atoms with Gasteiger partial charge in [0.15, 0.2) is 0 Å². The number of fused-ring (bicyclic) bond motifs is 13. The molecule has 0 aliphatic heterocycles. The lowest BCUT2D eigenvalue weighted by atomic mass is 9.70. The van der Waals surface area contributed by atoms with Crippen LogP contribution in [0.15, 0.2) is 152 Å². The van der Waals surface area contributed by atoms with E-state index in [0.29, 0.717) is 0 Å². The molecule has 10 rings (SSSR count). The van der Waals surface area contributed by atoms with E-state index in [1.165, 1.54) is 89.0 Å². The molecular formula is C48H33Cl. The highest BCUT2D eigenvalue weighted by atomic mass is 35.5. The third-order valence-corrected chi connectivity index (χ3v) is 11.8. The molecule has 0 heterocycles. The van der Waals surface area contributed by atoms with Crippen LogP contribution in [0.4, 0.5) is 0 Å². The van der Waals surface area contributed by atoms with Crippen molar-refractivity contribution in [1.82, 2.24) is 0 Å². The maximum atomic E-state index is 6.49. The summed E-state index contributed by atoms with van der Waals surface area (Å²) in [4.78, 5) is 0. The van der Waals surface area contributed by atoms with E-state index in [1.54, 1.807) is 0 Å². The van der Waals surface area contributed by atoms with Crippen LogP contribution in [0.1, 0.15) is 52.8 Å². The molecule has 3 aliphatic rings. The fourth-order valence-electron chi connectivity index (χ4n) is 9.22. The highest BCUT2D eigenvalue weighted by Gasteiger charge is 2.51. The minimum Gasteiger partial charge on any atom is -0.0985 e. The first-order valence-electron chi connectivity index (χ1n) is 17.1. The molecule has 0 amide bonds. The van der Waals surface area contributed by atoms with Crippen LogP contribution in [0.25, 0.3) is 61.7 Å². The van der Waals surface area contributed by atoms with Gasteiger partial charge in [0.05, 0.1) is 5.41 Å². The summed E-state index contributed by atoms with van der Waals surface area (Å²) in [6, 6.07) is 54.4. The lowest BCUT2D eigenvalue weighted by Crippen LogP contribution is -2.26. The highest BCUT2D eigenvalue weighted by molar-refractivity contribution is 6.31. The molecular weight excluding hydrogens is 612 g/mol. The second kappa shape index (κ2) is 10.0. The van der Waals surface area contributed by atoms with Crippen molar-refractivity contribution in [3.05, 3.63) is 196 Å². The predicted molar refractivity (Wildman–Crippen MR) is 206 cm³/mol. The minimum absolute atomic E-state index is 0.108. The second-order valence-electron chi connectivity index (χ2n) is 14.3. The number of halogens is 1. The van der Waals surface area contributed by atoms with Crippen molar-refractivity contribution in [1.29, 1.82) is 0 Å². The van der Waals surface area contributed by atoms with Crippen LogP contribution in [0, 0.1) is 0 Å². The molecule has 1 heteroatoms. The van der Waals surface area contributed by atoms with Gasteiger partial charge in [-0.3, -0.25) is 0 Å². The normalized spacial score (nSPS) is 16.8. The van der Waals surface area contributed by atoms with Crippen LogP contribution in [0.3, 0.4) is 0 Å². The third kappa shape index (κ3) is 3.76. The zero-order valence-corrected chi connectivity index (χ0v) is 28.3. The Morgan fingerprint density at radius 3 is 1.47 bits per heavy atom. The van der Waals surface area contributed by atoms with Crippen LogP contribution in [0.2, 0.25) is 5.02 Å². The largest absolute Gasteiger partial charge is 0.0985 e. The molecule has 1 spiro atoms. The van der Waals surface area contributed by atoms with Crippen LogP contribution >= 0.6 is 11.6 Å². The summed E-state index contributed by atoms with van der Waals surface area (Å²) >= 11 is 6.49. The summed E-state index contributed by atoms with van der Waals surface area (Å²) in [5, 5.41) is 0.782. The van der Waals surface area contributed by atoms with Crippen molar-refractivity contribution < 1.29 is 0 Å². The molecule has 1 atom stereocenters. The fraction of sp³-hybridized carbons (Fsp3) is 0.0833. The van der Waals surface area contributed by atoms with Crippen LogP contribution < -0.4 is 0 Å². The van der Waals surface area contributed by atoms with Gasteiger partial charge in [0.1, 0.15) is 0 Å². The van der Waals surface area contributed by atoms with E-state index in [4.69, 9.17) is 11.6 Å². The first-order valence-corrected chi connectivity index (χ1v) is 17.4. The summed E-state index contributed by atoms with van der Waals surface area (Å²) in [6.07, 6.45) is 1.90. The number of hydrogen-bond donors (Lipinski definition) is 0. The van der Waals surface area contributed by atoms with Crippen molar-refractivity contribution in [2.75, 3.05) is 0 Å². The Hall–Kier alpha value is -5.43. The van der Waals surface area contributed by atoms with E-state index in [1.807, 2.05) is 12.1 Å². The van der Waals surface area contributed by atoms with Crippen molar-refractivity contribution in [2.45, 2.75) is 24.7 Å². The van der Waals surface area contributed by atoms with E-state index in [0.717, 1.165) is 10.6 Å². The molecule has 0 radical (unpaired) electrons. The van der Waals surface area contributed by atoms with Gasteiger partial charge in [0, 0.05) is 10.4 Å². The van der Waals surface area contributed by atoms with Crippen LogP contribution in [-0.4, -0.2) is 0 Å². The van der Waals surface area contributed by atoms with Crippen molar-refractivity contribution in [2.24, 2.45) is 0 Å². The molecule has 0 N–H and O–H groups in total. The monoisotopic (exact) mass is 644 g/mol. The average molecular weight is 645 g/mol. The van der Waals surface area contributed by atoms with Crippen LogP contribution in [0.5, 0.6) is 0 Å². The molecule has 0 saturated heterocycles. The van der Waals surface area contributed by atoms with Gasteiger partial charge in [0.25, 0.3) is 0 Å². The Morgan fingerprint density at radius 1 is 0.429 bits per heavy atom. The van der Waals surface area contributed by atoms with Gasteiger partial charge < -0.3 is 0 Å². The SMILES string of the molecule is C=Cc1ccc(-c2ccc3c(c2)C2(c4ccccc4-3)c3ccccc3-c3ccc(-c4ccc5c(c4)C(C)(C)c4ccc(Cl)cc4-5)cc32)cc1. The molecule has 0 nitrogen and oxygen atoms in total. The topological polar surface area (TPSA) is 0 Å². The molecule has 232 valence electrons. The third-order valence-electron chi connectivity index (χ3n) is 11.5. The first-order chi connectivity index (χ1) is 23.9. The predicted octanol–water partition coefficient (Wildman–Crippen LogP) is 13.0. The van der Waals surface area contributed by atoms with Gasteiger partial charge in [-0.1, -0.05) is 153 Å². The van der Waals surface area contributed by atoms with Gasteiger partial charge in [-0.2, -0.15) is 0 Å². The first kappa shape index (κ1) is 28.6. The summed E-state index contributed by atoms with van der Waals surface area (Å²) in [5.41, 5.74) is 21.4. The lowest BCUT2D eigenvalue weighted by Gasteiger charge is -2.31. The molecule has 49 heavy (non-hydrogen) atoms. The fourth-order valence-corrected chi connectivity index (χ4v) is 9.39. The van der Waals surface area contributed by atoms with E-state index in [9.17, 15) is 0 Å². The average Bonchev–Trinajstić information content (AvgIpc) is 3.69. The molecule has 7 aromatic carbocycles. The Bertz CT molecular complexity index is 2530. The smallest absolute Gasteiger partial charge is 0.0725 e. The minimum atomic E-state index is -0.423. The number of hydrogen-bond acceptors (Lipinski definition) is 0. The van der Waals surface area contributed by atoms with Gasteiger partial charge in [-0.25, -0.2) is 0 Å². The number of benzene rings is 7. The number of rotatable bonds is 3. The van der Waals surface area contributed by atoms with Crippen molar-refractivity contribution in [3.63, 3.8) is 0 Å². The molecule has 1 unspecified atom stereocenters. The summed E-state index contributed by atoms with van der Waals surface area (Å²) in [7, 11) is 0. The van der Waals surface area contributed by atoms with Gasteiger partial charge in [0.2, 0.25) is 0 Å². The molecule has 0 saturated carbocycles. The standard InChI is InChI=1S/C48H33Cl/c1-4-29-13-15-30(16-14-29)31-17-21-37-35-9-5-7-11-42(35)48(45(37)26-31)43-12-8-6-10-36(43)38-22-18-33(27-46(38)48)32-19-23-39-40-28-34(49)20-24-41(40)47(2,3)44(39)25-32/h4-28H,1H2,2-3H3. The van der Waals surface area contributed by atoms with Crippen LogP contribution in [-0.2, 0) is 10.8 Å². The van der Waals surface area contributed by atoms with E-state index >= 15 is 0 Å². The second-order valence-corrected chi connectivity index (χ2v) is 14.7. The zero-order chi connectivity index (χ0) is 33.1. The summed E-state index contributed by atoms with van der Waals surface area (Å²) < 4.78 is 0. The van der Waals surface area contributed by atoms with Crippen molar-refractivity contribution in [3.8, 4) is 55.6 Å². The molecule has 3 aliphatic carbocycles. The van der Waals surface area contributed by atoms with Gasteiger partial charge >= 0.3 is 0 Å². The van der Waals surface area contributed by atoms with E-state index in [2.05, 4.69) is 160 Å². The maximum absolute atomic E-state index is 6.49. The molecule has 0 bridgehead atoms. The lowest BCUT2D eigenvalue weighted by molar-refractivity contribution is 0.660. The molecule has 0 aromatic heterocycles. The quantitative estimate of drug-likeness (QED) is 0.179. The Morgan fingerprint density at radius 2 is 0.898 bits per heavy atom. The van der Waals surface area contributed by atoms with Gasteiger partial charge in [-0.05, 0) is 125 Å².